The van der Waals surface area contributed by atoms with Gasteiger partial charge in [0.1, 0.15) is 17.6 Å². The molecule has 3 rings (SSSR count). The van der Waals surface area contributed by atoms with E-state index in [0.717, 1.165) is 25.7 Å². The maximum atomic E-state index is 11.9. The quantitative estimate of drug-likeness (QED) is 0.632. The Morgan fingerprint density at radius 3 is 2.65 bits per heavy atom. The smallest absolute Gasteiger partial charge is 0.273 e. The van der Waals surface area contributed by atoms with E-state index in [-0.39, 0.29) is 23.0 Å². The van der Waals surface area contributed by atoms with E-state index in [1.807, 2.05) is 0 Å². The van der Waals surface area contributed by atoms with Crippen molar-refractivity contribution >= 4 is 23.1 Å². The predicted molar refractivity (Wildman–Crippen MR) is 73.0 cm³/mol. The molecule has 20 heavy (non-hydrogen) atoms. The molecule has 2 fully saturated rings. The normalized spacial score (nSPS) is 23.6. The van der Waals surface area contributed by atoms with E-state index >= 15 is 0 Å². The first kappa shape index (κ1) is 13.4. The van der Waals surface area contributed by atoms with Crippen molar-refractivity contribution in [2.75, 3.05) is 0 Å². The second-order valence-electron chi connectivity index (χ2n) is 5.47. The lowest BCUT2D eigenvalue weighted by atomic mass is 9.63. The molecular weight excluding hydrogens is 282 g/mol. The van der Waals surface area contributed by atoms with Crippen molar-refractivity contribution in [2.45, 2.75) is 38.2 Å². The van der Waals surface area contributed by atoms with Crippen LogP contribution in [0.3, 0.4) is 0 Å². The van der Waals surface area contributed by atoms with Gasteiger partial charge in [0.15, 0.2) is 0 Å². The molecule has 0 saturated heterocycles. The van der Waals surface area contributed by atoms with Gasteiger partial charge in [-0.25, -0.2) is 0 Å². The predicted octanol–water partition coefficient (Wildman–Crippen LogP) is 3.53. The lowest BCUT2D eigenvalue weighted by Gasteiger charge is -2.44. The number of nitro benzene ring substituents is 1. The average molecular weight is 296 g/mol. The zero-order valence-electron chi connectivity index (χ0n) is 10.8. The summed E-state index contributed by atoms with van der Waals surface area (Å²) in [5.41, 5.74) is -0.427. The van der Waals surface area contributed by atoms with Gasteiger partial charge in [-0.1, -0.05) is 24.4 Å². The molecule has 0 heterocycles. The van der Waals surface area contributed by atoms with Crippen LogP contribution in [0.1, 0.15) is 32.1 Å². The molecule has 0 aliphatic heterocycles. The minimum Gasteiger partial charge on any atom is -0.487 e. The number of nitro groups is 1. The highest BCUT2D eigenvalue weighted by Crippen LogP contribution is 2.52. The number of hydrogen-bond acceptors (Lipinski definition) is 4. The molecule has 1 aromatic rings. The van der Waals surface area contributed by atoms with E-state index in [1.165, 1.54) is 18.2 Å². The van der Waals surface area contributed by atoms with Gasteiger partial charge in [-0.2, -0.15) is 0 Å². The van der Waals surface area contributed by atoms with Gasteiger partial charge in [-0.05, 0) is 18.9 Å². The minimum absolute atomic E-state index is 0.0597. The Morgan fingerprint density at radius 2 is 2.05 bits per heavy atom. The monoisotopic (exact) mass is 295 g/mol. The number of carbonyl (C=O) groups excluding carboxylic acids is 1. The van der Waals surface area contributed by atoms with Gasteiger partial charge in [0, 0.05) is 12.5 Å². The van der Waals surface area contributed by atoms with Crippen LogP contribution in [0.2, 0.25) is 5.02 Å². The molecule has 2 aliphatic carbocycles. The highest BCUT2D eigenvalue weighted by molar-refractivity contribution is 6.32. The standard InChI is InChI=1S/C14H14ClNO4/c15-10-4-3-9(16(18)19)7-11(10)20-13-8-12(17)14(13)5-1-2-6-14/h3-4,7,13H,1-2,5-6,8H2. The van der Waals surface area contributed by atoms with Crippen LogP contribution in [-0.2, 0) is 4.79 Å². The van der Waals surface area contributed by atoms with Gasteiger partial charge in [0.2, 0.25) is 0 Å². The Balaban J connectivity index is 1.83. The molecule has 0 amide bonds. The van der Waals surface area contributed by atoms with Gasteiger partial charge in [0.25, 0.3) is 5.69 Å². The molecule has 2 aliphatic rings. The van der Waals surface area contributed by atoms with Gasteiger partial charge < -0.3 is 4.74 Å². The highest BCUT2D eigenvalue weighted by atomic mass is 35.5. The van der Waals surface area contributed by atoms with E-state index in [0.29, 0.717) is 17.2 Å². The summed E-state index contributed by atoms with van der Waals surface area (Å²) in [7, 11) is 0. The average Bonchev–Trinajstić information content (AvgIpc) is 2.92. The Bertz CT molecular complexity index is 581. The van der Waals surface area contributed by atoms with Gasteiger partial charge in [-0.3, -0.25) is 14.9 Å². The molecule has 1 atom stereocenters. The summed E-state index contributed by atoms with van der Waals surface area (Å²) in [6.07, 6.45) is 3.95. The van der Waals surface area contributed by atoms with Gasteiger partial charge in [-0.15, -0.1) is 0 Å². The number of nitrogens with zero attached hydrogens (tertiary/aromatic N) is 1. The molecule has 2 saturated carbocycles. The molecule has 0 N–H and O–H groups in total. The first-order valence-corrected chi connectivity index (χ1v) is 7.05. The van der Waals surface area contributed by atoms with Crippen LogP contribution >= 0.6 is 11.6 Å². The van der Waals surface area contributed by atoms with E-state index in [9.17, 15) is 14.9 Å². The van der Waals surface area contributed by atoms with Crippen LogP contribution in [0.25, 0.3) is 0 Å². The van der Waals surface area contributed by atoms with Crippen LogP contribution in [-0.4, -0.2) is 16.8 Å². The third kappa shape index (κ3) is 1.97. The fourth-order valence-electron chi connectivity index (χ4n) is 3.23. The Kier molecular flexibility index (Phi) is 3.17. The summed E-state index contributed by atoms with van der Waals surface area (Å²) >= 11 is 6.03. The summed E-state index contributed by atoms with van der Waals surface area (Å²) in [6, 6.07) is 4.12. The molecule has 1 unspecified atom stereocenters. The number of ketones is 1. The zero-order chi connectivity index (χ0) is 14.3. The van der Waals surface area contributed by atoms with E-state index in [2.05, 4.69) is 0 Å². The number of rotatable bonds is 3. The molecule has 0 radical (unpaired) electrons. The first-order chi connectivity index (χ1) is 9.53. The van der Waals surface area contributed by atoms with Crippen LogP contribution in [0.15, 0.2) is 18.2 Å². The summed E-state index contributed by atoms with van der Waals surface area (Å²) in [6.45, 7) is 0. The molecule has 5 nitrogen and oxygen atoms in total. The molecular formula is C14H14ClNO4. The number of hydrogen-bond donors (Lipinski definition) is 0. The Hall–Kier alpha value is -1.62. The maximum Gasteiger partial charge on any atom is 0.273 e. The molecule has 1 aromatic carbocycles. The number of Topliss-reactive ketones (excluding diaryl/α,β-unsaturated/α-hetero) is 1. The largest absolute Gasteiger partial charge is 0.487 e. The van der Waals surface area contributed by atoms with E-state index < -0.39 is 4.92 Å². The van der Waals surface area contributed by atoms with Crippen LogP contribution in [0.5, 0.6) is 5.75 Å². The SMILES string of the molecule is O=C1CC(Oc2cc([N+](=O)[O-])ccc2Cl)C12CCCC2. The number of benzene rings is 1. The molecule has 1 spiro atoms. The summed E-state index contributed by atoms with van der Waals surface area (Å²) in [5.74, 6) is 0.547. The lowest BCUT2D eigenvalue weighted by Crippen LogP contribution is -2.55. The second-order valence-corrected chi connectivity index (χ2v) is 5.88. The summed E-state index contributed by atoms with van der Waals surface area (Å²) in [4.78, 5) is 22.2. The zero-order valence-corrected chi connectivity index (χ0v) is 11.6. The molecule has 0 bridgehead atoms. The summed E-state index contributed by atoms with van der Waals surface area (Å²) < 4.78 is 5.82. The van der Waals surface area contributed by atoms with Crippen molar-refractivity contribution in [1.82, 2.24) is 0 Å². The second kappa shape index (κ2) is 4.74. The number of carbonyl (C=O) groups is 1. The van der Waals surface area contributed by atoms with E-state index in [1.54, 1.807) is 0 Å². The topological polar surface area (TPSA) is 69.4 Å². The van der Waals surface area contributed by atoms with Crippen molar-refractivity contribution in [1.29, 1.82) is 0 Å². The van der Waals surface area contributed by atoms with Crippen molar-refractivity contribution in [2.24, 2.45) is 5.41 Å². The van der Waals surface area contributed by atoms with Gasteiger partial charge >= 0.3 is 0 Å². The fraction of sp³-hybridized carbons (Fsp3) is 0.500. The van der Waals surface area contributed by atoms with Crippen molar-refractivity contribution in [3.05, 3.63) is 33.3 Å². The minimum atomic E-state index is -0.486. The van der Waals surface area contributed by atoms with Gasteiger partial charge in [0.05, 0.1) is 21.4 Å². The third-order valence-corrected chi connectivity index (χ3v) is 4.75. The van der Waals surface area contributed by atoms with Crippen LogP contribution in [0, 0.1) is 15.5 Å². The Morgan fingerprint density at radius 1 is 1.35 bits per heavy atom. The van der Waals surface area contributed by atoms with Crippen molar-refractivity contribution in [3.8, 4) is 5.75 Å². The third-order valence-electron chi connectivity index (χ3n) is 4.43. The van der Waals surface area contributed by atoms with E-state index in [4.69, 9.17) is 16.3 Å². The molecule has 6 heteroatoms. The van der Waals surface area contributed by atoms with Crippen LogP contribution < -0.4 is 4.74 Å². The number of halogens is 1. The Labute approximate surface area is 121 Å². The maximum absolute atomic E-state index is 11.9. The molecule has 0 aromatic heterocycles. The van der Waals surface area contributed by atoms with Crippen molar-refractivity contribution < 1.29 is 14.5 Å². The van der Waals surface area contributed by atoms with Crippen LogP contribution in [0.4, 0.5) is 5.69 Å². The number of ether oxygens (including phenoxy) is 1. The lowest BCUT2D eigenvalue weighted by molar-refractivity contribution is -0.385. The summed E-state index contributed by atoms with van der Waals surface area (Å²) in [5, 5.41) is 11.1. The molecule has 106 valence electrons. The van der Waals surface area contributed by atoms with Crippen molar-refractivity contribution in [3.63, 3.8) is 0 Å². The highest BCUT2D eigenvalue weighted by Gasteiger charge is 2.57. The fourth-order valence-corrected chi connectivity index (χ4v) is 3.39. The first-order valence-electron chi connectivity index (χ1n) is 6.67. The number of non-ortho nitro benzene ring substituents is 1.